The van der Waals surface area contributed by atoms with Crippen LogP contribution in [-0.2, 0) is 4.74 Å². The number of ether oxygens (including phenoxy) is 2. The molecule has 12 heteroatoms. The molecule has 176 valence electrons. The second-order valence-corrected chi connectivity index (χ2v) is 8.49. The number of aliphatic hydroxyl groups excluding tert-OH is 3. The molecule has 2 aliphatic heterocycles. The van der Waals surface area contributed by atoms with Crippen LogP contribution in [0.15, 0.2) is 36.7 Å². The van der Waals surface area contributed by atoms with Gasteiger partial charge >= 0.3 is 0 Å². The van der Waals surface area contributed by atoms with Crippen LogP contribution in [-0.4, -0.2) is 84.0 Å². The van der Waals surface area contributed by atoms with E-state index in [1.165, 1.54) is 10.9 Å². The molecule has 5 atom stereocenters. The number of nitrogens with zero attached hydrogens (tertiary/aromatic N) is 5. The summed E-state index contributed by atoms with van der Waals surface area (Å²) in [4.78, 5) is 12.9. The van der Waals surface area contributed by atoms with E-state index >= 15 is 0 Å². The van der Waals surface area contributed by atoms with Crippen molar-refractivity contribution in [1.82, 2.24) is 24.5 Å². The molecule has 3 aromatic rings. The van der Waals surface area contributed by atoms with Gasteiger partial charge < -0.3 is 30.2 Å². The summed E-state index contributed by atoms with van der Waals surface area (Å²) in [6.07, 6.45) is -1.05. The maximum atomic E-state index is 10.4. The summed E-state index contributed by atoms with van der Waals surface area (Å²) in [6, 6.07) is 9.70. The van der Waals surface area contributed by atoms with Gasteiger partial charge in [-0.3, -0.25) is 4.57 Å². The maximum absolute atomic E-state index is 10.4. The Balaban J connectivity index is 1.36. The third-order valence-electron chi connectivity index (χ3n) is 5.87. The van der Waals surface area contributed by atoms with E-state index in [0.717, 1.165) is 25.1 Å². The summed E-state index contributed by atoms with van der Waals surface area (Å²) in [5, 5.41) is 31.9. The third kappa shape index (κ3) is 4.47. The Bertz CT molecular complexity index is 1100. The predicted molar refractivity (Wildman–Crippen MR) is 119 cm³/mol. The normalized spacial score (nSPS) is 28.3. The number of nitrogens with one attached hydrogen (secondary N) is 1. The molecule has 2 saturated heterocycles. The molecule has 0 spiro atoms. The standard InChI is InChI=1S/C21H25ClN6O5/c22-21-24-18(26-27-8-4-7-13(9-27)32-12-5-2-1-3-6-12)15-19(25-21)28(11-23-15)20-17(31)16(30)14(10-29)33-20/h1-3,5-6,11,13-14,16-17,20,29-31H,4,7-10H2,(H,24,25,26)/t13?,14-,16?,17?,20-/m1/s1. The molecule has 2 aromatic heterocycles. The van der Waals surface area contributed by atoms with Crippen molar-refractivity contribution >= 4 is 28.6 Å². The first kappa shape index (κ1) is 22.3. The van der Waals surface area contributed by atoms with Gasteiger partial charge in [0, 0.05) is 6.54 Å². The molecule has 3 unspecified atom stereocenters. The number of benzene rings is 1. The molecule has 4 N–H and O–H groups in total. The van der Waals surface area contributed by atoms with Gasteiger partial charge in [0.1, 0.15) is 30.2 Å². The SMILES string of the molecule is OC[C@H]1O[C@@H](n2cnc3c(NN4CCCC(Oc5ccccc5)C4)nc(Cl)nc32)C(O)C1O. The van der Waals surface area contributed by atoms with Gasteiger partial charge in [-0.15, -0.1) is 0 Å². The number of imidazole rings is 1. The van der Waals surface area contributed by atoms with Crippen molar-refractivity contribution in [1.29, 1.82) is 0 Å². The van der Waals surface area contributed by atoms with Gasteiger partial charge in [-0.05, 0) is 36.6 Å². The van der Waals surface area contributed by atoms with Gasteiger partial charge in [0.25, 0.3) is 0 Å². The van der Waals surface area contributed by atoms with Crippen LogP contribution in [0.2, 0.25) is 5.28 Å². The van der Waals surface area contributed by atoms with Gasteiger partial charge in [0.2, 0.25) is 5.28 Å². The Hall–Kier alpha value is -2.54. The summed E-state index contributed by atoms with van der Waals surface area (Å²) in [5.41, 5.74) is 4.04. The zero-order chi connectivity index (χ0) is 22.9. The quantitative estimate of drug-likeness (QED) is 0.380. The van der Waals surface area contributed by atoms with Crippen LogP contribution in [0, 0.1) is 0 Å². The second-order valence-electron chi connectivity index (χ2n) is 8.15. The number of halogens is 1. The Morgan fingerprint density at radius 3 is 2.76 bits per heavy atom. The molecule has 0 radical (unpaired) electrons. The Labute approximate surface area is 194 Å². The van der Waals surface area contributed by atoms with Crippen LogP contribution in [0.3, 0.4) is 0 Å². The second kappa shape index (κ2) is 9.37. The zero-order valence-electron chi connectivity index (χ0n) is 17.7. The Kier molecular flexibility index (Phi) is 6.32. The lowest BCUT2D eigenvalue weighted by molar-refractivity contribution is -0.0511. The van der Waals surface area contributed by atoms with Gasteiger partial charge in [-0.1, -0.05) is 18.2 Å². The number of fused-ring (bicyclic) bond motifs is 1. The van der Waals surface area contributed by atoms with E-state index in [4.69, 9.17) is 21.1 Å². The summed E-state index contributed by atoms with van der Waals surface area (Å²) < 4.78 is 13.2. The molecule has 0 saturated carbocycles. The third-order valence-corrected chi connectivity index (χ3v) is 6.04. The highest BCUT2D eigenvalue weighted by atomic mass is 35.5. The first-order valence-corrected chi connectivity index (χ1v) is 11.2. The van der Waals surface area contributed by atoms with Crippen molar-refractivity contribution in [2.45, 2.75) is 43.5 Å². The average molecular weight is 477 g/mol. The number of rotatable bonds is 6. The molecular formula is C21H25ClN6O5. The first-order chi connectivity index (χ1) is 16.0. The highest BCUT2D eigenvalue weighted by Gasteiger charge is 2.44. The number of aromatic nitrogens is 4. The van der Waals surface area contributed by atoms with E-state index in [-0.39, 0.29) is 11.4 Å². The first-order valence-electron chi connectivity index (χ1n) is 10.8. The molecule has 0 amide bonds. The summed E-state index contributed by atoms with van der Waals surface area (Å²) in [7, 11) is 0. The fraction of sp³-hybridized carbons (Fsp3) is 0.476. The minimum absolute atomic E-state index is 0.00686. The van der Waals surface area contributed by atoms with Crippen LogP contribution in [0.1, 0.15) is 19.1 Å². The summed E-state index contributed by atoms with van der Waals surface area (Å²) in [5.74, 6) is 1.24. The molecule has 2 aliphatic rings. The van der Waals surface area contributed by atoms with Gasteiger partial charge in [-0.25, -0.2) is 9.99 Å². The van der Waals surface area contributed by atoms with E-state index in [2.05, 4.69) is 20.4 Å². The van der Waals surface area contributed by atoms with Gasteiger partial charge in [-0.2, -0.15) is 9.97 Å². The Morgan fingerprint density at radius 2 is 2.00 bits per heavy atom. The van der Waals surface area contributed by atoms with E-state index in [9.17, 15) is 15.3 Å². The maximum Gasteiger partial charge on any atom is 0.226 e. The molecule has 0 bridgehead atoms. The largest absolute Gasteiger partial charge is 0.489 e. The fourth-order valence-electron chi connectivity index (χ4n) is 4.24. The lowest BCUT2D eigenvalue weighted by Crippen LogP contribution is -2.44. The summed E-state index contributed by atoms with van der Waals surface area (Å²) in [6.45, 7) is 0.992. The van der Waals surface area contributed by atoms with E-state index < -0.39 is 31.1 Å². The predicted octanol–water partition coefficient (Wildman–Crippen LogP) is 0.961. The number of para-hydroxylation sites is 1. The number of anilines is 1. The van der Waals surface area contributed by atoms with Crippen molar-refractivity contribution in [3.05, 3.63) is 41.9 Å². The minimum atomic E-state index is -1.26. The smallest absolute Gasteiger partial charge is 0.226 e. The molecule has 33 heavy (non-hydrogen) atoms. The van der Waals surface area contributed by atoms with E-state index in [0.29, 0.717) is 23.5 Å². The van der Waals surface area contributed by atoms with Crippen molar-refractivity contribution in [3.63, 3.8) is 0 Å². The summed E-state index contributed by atoms with van der Waals surface area (Å²) >= 11 is 6.19. The van der Waals surface area contributed by atoms with E-state index in [1.807, 2.05) is 35.3 Å². The van der Waals surface area contributed by atoms with Crippen molar-refractivity contribution in [2.24, 2.45) is 0 Å². The molecule has 11 nitrogen and oxygen atoms in total. The zero-order valence-corrected chi connectivity index (χ0v) is 18.4. The van der Waals surface area contributed by atoms with Crippen molar-refractivity contribution < 1.29 is 24.8 Å². The average Bonchev–Trinajstić information content (AvgIpc) is 3.35. The van der Waals surface area contributed by atoms with Crippen molar-refractivity contribution in [2.75, 3.05) is 25.1 Å². The highest BCUT2D eigenvalue weighted by molar-refractivity contribution is 6.28. The van der Waals surface area contributed by atoms with E-state index in [1.54, 1.807) is 0 Å². The number of hydrogen-bond donors (Lipinski definition) is 4. The molecule has 1 aromatic carbocycles. The van der Waals surface area contributed by atoms with Gasteiger partial charge in [0.05, 0.1) is 19.5 Å². The monoisotopic (exact) mass is 476 g/mol. The van der Waals surface area contributed by atoms with Crippen LogP contribution in [0.5, 0.6) is 5.75 Å². The molecule has 4 heterocycles. The Morgan fingerprint density at radius 1 is 1.18 bits per heavy atom. The van der Waals surface area contributed by atoms with Crippen molar-refractivity contribution in [3.8, 4) is 5.75 Å². The van der Waals surface area contributed by atoms with Crippen LogP contribution < -0.4 is 10.2 Å². The minimum Gasteiger partial charge on any atom is -0.489 e. The highest BCUT2D eigenvalue weighted by Crippen LogP contribution is 2.33. The lowest BCUT2D eigenvalue weighted by Gasteiger charge is -2.33. The number of aliphatic hydroxyl groups is 3. The van der Waals surface area contributed by atoms with Crippen LogP contribution in [0.4, 0.5) is 5.82 Å². The van der Waals surface area contributed by atoms with Crippen LogP contribution in [0.25, 0.3) is 11.2 Å². The fourth-order valence-corrected chi connectivity index (χ4v) is 4.41. The van der Waals surface area contributed by atoms with Gasteiger partial charge in [0.15, 0.2) is 23.2 Å². The number of hydrazine groups is 1. The molecule has 0 aliphatic carbocycles. The molecular weight excluding hydrogens is 452 g/mol. The number of piperidine rings is 1. The molecule has 2 fully saturated rings. The topological polar surface area (TPSA) is 138 Å². The molecule has 5 rings (SSSR count). The number of hydrogen-bond acceptors (Lipinski definition) is 10. The van der Waals surface area contributed by atoms with Crippen LogP contribution >= 0.6 is 11.6 Å². The lowest BCUT2D eigenvalue weighted by atomic mass is 10.1.